The molecule has 2 aromatic heterocycles. The zero-order valence-corrected chi connectivity index (χ0v) is 8.38. The summed E-state index contributed by atoms with van der Waals surface area (Å²) in [7, 11) is 0. The van der Waals surface area contributed by atoms with Crippen LogP contribution >= 0.6 is 11.3 Å². The van der Waals surface area contributed by atoms with E-state index in [4.69, 9.17) is 0 Å². The van der Waals surface area contributed by atoms with E-state index in [2.05, 4.69) is 15.0 Å². The molecule has 0 aliphatic carbocycles. The predicted molar refractivity (Wildman–Crippen MR) is 57.5 cm³/mol. The Bertz CT molecular complexity index is 562. The largest absolute Gasteiger partial charge is 0.232 e. The highest BCUT2D eigenvalue weighted by atomic mass is 32.1. The number of aromatic nitrogens is 3. The van der Waals surface area contributed by atoms with Crippen LogP contribution in [0.1, 0.15) is 5.01 Å². The van der Waals surface area contributed by atoms with Crippen LogP contribution < -0.4 is 0 Å². The molecule has 68 valence electrons. The van der Waals surface area contributed by atoms with Crippen molar-refractivity contribution in [3.8, 4) is 0 Å². The molecule has 0 aliphatic rings. The van der Waals surface area contributed by atoms with E-state index in [1.807, 2.05) is 31.2 Å². The summed E-state index contributed by atoms with van der Waals surface area (Å²) in [5.41, 5.74) is 2.60. The molecule has 0 amide bonds. The lowest BCUT2D eigenvalue weighted by Crippen LogP contribution is -1.83. The summed E-state index contributed by atoms with van der Waals surface area (Å²) in [6.07, 6.45) is 0. The van der Waals surface area contributed by atoms with Crippen LogP contribution in [0.5, 0.6) is 0 Å². The fraction of sp³-hybridized carbons (Fsp3) is 0.100. The quantitative estimate of drug-likeness (QED) is 0.561. The number of para-hydroxylation sites is 2. The summed E-state index contributed by atoms with van der Waals surface area (Å²) in [6.45, 7) is 1.97. The number of benzene rings is 1. The van der Waals surface area contributed by atoms with Crippen LogP contribution in [0.3, 0.4) is 0 Å². The predicted octanol–water partition coefficient (Wildman–Crippen LogP) is 2.55. The molecule has 1 aromatic carbocycles. The SMILES string of the molecule is Cc1nc2nc3ccccc3nc2s1. The van der Waals surface area contributed by atoms with Gasteiger partial charge in [0.15, 0.2) is 10.5 Å². The molecule has 0 aliphatic heterocycles. The highest BCUT2D eigenvalue weighted by molar-refractivity contribution is 7.18. The van der Waals surface area contributed by atoms with Crippen molar-refractivity contribution < 1.29 is 0 Å². The minimum atomic E-state index is 0.756. The van der Waals surface area contributed by atoms with E-state index in [1.165, 1.54) is 0 Å². The molecule has 0 fully saturated rings. The van der Waals surface area contributed by atoms with E-state index in [0.717, 1.165) is 26.5 Å². The van der Waals surface area contributed by atoms with E-state index in [0.29, 0.717) is 0 Å². The van der Waals surface area contributed by atoms with Gasteiger partial charge >= 0.3 is 0 Å². The van der Waals surface area contributed by atoms with Gasteiger partial charge in [-0.05, 0) is 19.1 Å². The molecule has 3 rings (SSSR count). The molecule has 0 atom stereocenters. The average molecular weight is 201 g/mol. The monoisotopic (exact) mass is 201 g/mol. The Labute approximate surface area is 84.5 Å². The van der Waals surface area contributed by atoms with Crippen molar-refractivity contribution >= 4 is 32.8 Å². The second-order valence-corrected chi connectivity index (χ2v) is 4.26. The lowest BCUT2D eigenvalue weighted by Gasteiger charge is -1.93. The van der Waals surface area contributed by atoms with Crippen LogP contribution in [-0.2, 0) is 0 Å². The lowest BCUT2D eigenvalue weighted by molar-refractivity contribution is 1.28. The third kappa shape index (κ3) is 1.08. The molecular weight excluding hydrogens is 194 g/mol. The van der Waals surface area contributed by atoms with Crippen molar-refractivity contribution in [3.63, 3.8) is 0 Å². The Hall–Kier alpha value is -1.55. The molecule has 3 aromatic rings. The average Bonchev–Trinajstić information content (AvgIpc) is 2.53. The zero-order chi connectivity index (χ0) is 9.54. The number of fused-ring (bicyclic) bond motifs is 2. The van der Waals surface area contributed by atoms with E-state index in [1.54, 1.807) is 11.3 Å². The Kier molecular flexibility index (Phi) is 1.52. The minimum absolute atomic E-state index is 0.756. The van der Waals surface area contributed by atoms with Gasteiger partial charge in [0.25, 0.3) is 0 Å². The Morgan fingerprint density at radius 3 is 2.50 bits per heavy atom. The van der Waals surface area contributed by atoms with Gasteiger partial charge in [0.1, 0.15) is 0 Å². The number of aryl methyl sites for hydroxylation is 1. The van der Waals surface area contributed by atoms with Crippen LogP contribution in [0, 0.1) is 6.92 Å². The van der Waals surface area contributed by atoms with Gasteiger partial charge in [0.05, 0.1) is 16.0 Å². The summed E-state index contributed by atoms with van der Waals surface area (Å²) < 4.78 is 0. The number of rotatable bonds is 0. The molecule has 0 radical (unpaired) electrons. The standard InChI is InChI=1S/C10H7N3S/c1-6-11-9-10(14-6)13-8-5-3-2-4-7(8)12-9/h2-5H,1H3. The summed E-state index contributed by atoms with van der Waals surface area (Å²) >= 11 is 1.58. The fourth-order valence-electron chi connectivity index (χ4n) is 1.43. The third-order valence-electron chi connectivity index (χ3n) is 2.03. The Morgan fingerprint density at radius 1 is 1.00 bits per heavy atom. The maximum absolute atomic E-state index is 4.49. The number of nitrogens with zero attached hydrogens (tertiary/aromatic N) is 3. The summed E-state index contributed by atoms with van der Waals surface area (Å²) in [5.74, 6) is 0. The molecule has 0 spiro atoms. The Balaban J connectivity index is 2.51. The van der Waals surface area contributed by atoms with E-state index in [9.17, 15) is 0 Å². The third-order valence-corrected chi connectivity index (χ3v) is 2.88. The first kappa shape index (κ1) is 7.82. The van der Waals surface area contributed by atoms with Gasteiger partial charge in [0, 0.05) is 0 Å². The summed E-state index contributed by atoms with van der Waals surface area (Å²) in [4.78, 5) is 14.2. The first-order chi connectivity index (χ1) is 6.83. The molecule has 4 heteroatoms. The molecule has 0 N–H and O–H groups in total. The van der Waals surface area contributed by atoms with Gasteiger partial charge in [-0.1, -0.05) is 23.5 Å². The highest BCUT2D eigenvalue weighted by Gasteiger charge is 2.04. The second-order valence-electron chi connectivity index (χ2n) is 3.07. The van der Waals surface area contributed by atoms with E-state index >= 15 is 0 Å². The van der Waals surface area contributed by atoms with Crippen molar-refractivity contribution in [1.82, 2.24) is 15.0 Å². The van der Waals surface area contributed by atoms with Crippen molar-refractivity contribution in [1.29, 1.82) is 0 Å². The molecule has 3 nitrogen and oxygen atoms in total. The number of thiazole rings is 1. The van der Waals surface area contributed by atoms with Crippen molar-refractivity contribution in [2.75, 3.05) is 0 Å². The van der Waals surface area contributed by atoms with Gasteiger partial charge in [-0.25, -0.2) is 15.0 Å². The van der Waals surface area contributed by atoms with Crippen molar-refractivity contribution in [2.24, 2.45) is 0 Å². The smallest absolute Gasteiger partial charge is 0.190 e. The van der Waals surface area contributed by atoms with Crippen LogP contribution in [0.4, 0.5) is 0 Å². The first-order valence-corrected chi connectivity index (χ1v) is 5.14. The molecular formula is C10H7N3S. The van der Waals surface area contributed by atoms with Crippen LogP contribution in [-0.4, -0.2) is 15.0 Å². The van der Waals surface area contributed by atoms with E-state index in [-0.39, 0.29) is 0 Å². The molecule has 0 saturated heterocycles. The van der Waals surface area contributed by atoms with Crippen molar-refractivity contribution in [2.45, 2.75) is 6.92 Å². The van der Waals surface area contributed by atoms with Crippen LogP contribution in [0.2, 0.25) is 0 Å². The van der Waals surface area contributed by atoms with Gasteiger partial charge in [-0.3, -0.25) is 0 Å². The summed E-state index contributed by atoms with van der Waals surface area (Å²) in [6, 6.07) is 7.85. The maximum atomic E-state index is 4.49. The van der Waals surface area contributed by atoms with Crippen LogP contribution in [0.15, 0.2) is 24.3 Å². The van der Waals surface area contributed by atoms with Gasteiger partial charge in [0.2, 0.25) is 0 Å². The summed E-state index contributed by atoms with van der Waals surface area (Å²) in [5, 5.41) is 1.01. The van der Waals surface area contributed by atoms with Crippen LogP contribution in [0.25, 0.3) is 21.5 Å². The normalized spacial score (nSPS) is 11.2. The Morgan fingerprint density at radius 2 is 1.71 bits per heavy atom. The molecule has 0 saturated carbocycles. The first-order valence-electron chi connectivity index (χ1n) is 4.33. The fourth-order valence-corrected chi connectivity index (χ4v) is 2.17. The second kappa shape index (κ2) is 2.72. The number of hydrogen-bond acceptors (Lipinski definition) is 4. The molecule has 0 unspecified atom stereocenters. The molecule has 14 heavy (non-hydrogen) atoms. The van der Waals surface area contributed by atoms with Gasteiger partial charge in [-0.2, -0.15) is 0 Å². The zero-order valence-electron chi connectivity index (χ0n) is 7.56. The molecule has 0 bridgehead atoms. The van der Waals surface area contributed by atoms with Crippen molar-refractivity contribution in [3.05, 3.63) is 29.3 Å². The maximum Gasteiger partial charge on any atom is 0.190 e. The topological polar surface area (TPSA) is 38.7 Å². The minimum Gasteiger partial charge on any atom is -0.232 e. The lowest BCUT2D eigenvalue weighted by atomic mass is 10.3. The number of hydrogen-bond donors (Lipinski definition) is 0. The molecule has 2 heterocycles. The van der Waals surface area contributed by atoms with E-state index < -0.39 is 0 Å². The van der Waals surface area contributed by atoms with Gasteiger partial charge < -0.3 is 0 Å². The van der Waals surface area contributed by atoms with Gasteiger partial charge in [-0.15, -0.1) is 0 Å². The highest BCUT2D eigenvalue weighted by Crippen LogP contribution is 2.20.